The zero-order valence-electron chi connectivity index (χ0n) is 9.96. The van der Waals surface area contributed by atoms with E-state index in [1.54, 1.807) is 0 Å². The second kappa shape index (κ2) is 4.22. The molecule has 0 bridgehead atoms. The van der Waals surface area contributed by atoms with E-state index in [0.717, 1.165) is 38.9 Å². The van der Waals surface area contributed by atoms with Crippen LogP contribution < -0.4 is 0 Å². The van der Waals surface area contributed by atoms with Crippen molar-refractivity contribution in [3.8, 4) is 0 Å². The molecule has 0 unspecified atom stereocenters. The van der Waals surface area contributed by atoms with E-state index < -0.39 is 0 Å². The van der Waals surface area contributed by atoms with Crippen molar-refractivity contribution >= 4 is 5.78 Å². The topological polar surface area (TPSA) is 23.6 Å². The third-order valence-corrected chi connectivity index (χ3v) is 4.15. The van der Waals surface area contributed by atoms with Gasteiger partial charge in [0, 0.05) is 26.1 Å². The van der Waals surface area contributed by atoms with Crippen molar-refractivity contribution in [3.63, 3.8) is 0 Å². The van der Waals surface area contributed by atoms with Crippen molar-refractivity contribution in [1.29, 1.82) is 0 Å². The SMILES string of the molecule is CCCN1CCC2(CC1)C(=O)CCN2C. The fourth-order valence-corrected chi connectivity index (χ4v) is 3.05. The summed E-state index contributed by atoms with van der Waals surface area (Å²) >= 11 is 0. The summed E-state index contributed by atoms with van der Waals surface area (Å²) in [6.07, 6.45) is 4.08. The molecular formula is C12H22N2O. The van der Waals surface area contributed by atoms with Crippen LogP contribution in [0.2, 0.25) is 0 Å². The molecule has 3 heteroatoms. The number of Topliss-reactive ketones (excluding diaryl/α,β-unsaturated/α-hetero) is 1. The lowest BCUT2D eigenvalue weighted by Crippen LogP contribution is -2.54. The second-order valence-electron chi connectivity index (χ2n) is 4.97. The number of likely N-dealkylation sites (tertiary alicyclic amines) is 2. The number of carbonyl (C=O) groups is 1. The van der Waals surface area contributed by atoms with Crippen molar-refractivity contribution in [2.75, 3.05) is 33.2 Å². The Morgan fingerprint density at radius 1 is 1.27 bits per heavy atom. The predicted molar refractivity (Wildman–Crippen MR) is 61.0 cm³/mol. The number of piperidine rings is 1. The van der Waals surface area contributed by atoms with Crippen molar-refractivity contribution in [1.82, 2.24) is 9.80 Å². The largest absolute Gasteiger partial charge is 0.303 e. The Bertz CT molecular complexity index is 244. The fraction of sp³-hybridized carbons (Fsp3) is 0.917. The number of nitrogens with zero attached hydrogens (tertiary/aromatic N) is 2. The summed E-state index contributed by atoms with van der Waals surface area (Å²) in [5.74, 6) is 0.487. The first kappa shape index (κ1) is 11.1. The normalized spacial score (nSPS) is 27.7. The quantitative estimate of drug-likeness (QED) is 0.683. The number of hydrogen-bond acceptors (Lipinski definition) is 3. The van der Waals surface area contributed by atoms with Crippen molar-refractivity contribution in [2.24, 2.45) is 0 Å². The Balaban J connectivity index is 1.99. The van der Waals surface area contributed by atoms with Crippen LogP contribution in [-0.4, -0.2) is 54.3 Å². The van der Waals surface area contributed by atoms with E-state index in [2.05, 4.69) is 23.8 Å². The lowest BCUT2D eigenvalue weighted by Gasteiger charge is -2.42. The lowest BCUT2D eigenvalue weighted by atomic mass is 9.84. The molecule has 2 aliphatic heterocycles. The number of carbonyl (C=O) groups excluding carboxylic acids is 1. The van der Waals surface area contributed by atoms with E-state index in [4.69, 9.17) is 0 Å². The highest BCUT2D eigenvalue weighted by Gasteiger charge is 2.47. The molecule has 0 radical (unpaired) electrons. The van der Waals surface area contributed by atoms with E-state index in [1.165, 1.54) is 13.0 Å². The molecule has 0 saturated carbocycles. The first-order valence-corrected chi connectivity index (χ1v) is 6.16. The van der Waals surface area contributed by atoms with Gasteiger partial charge in [0.05, 0.1) is 5.54 Å². The second-order valence-corrected chi connectivity index (χ2v) is 4.97. The highest BCUT2D eigenvalue weighted by molar-refractivity contribution is 5.90. The maximum atomic E-state index is 12.0. The summed E-state index contributed by atoms with van der Waals surface area (Å²) in [5, 5.41) is 0. The first-order chi connectivity index (χ1) is 7.19. The van der Waals surface area contributed by atoms with Crippen LogP contribution in [0, 0.1) is 0 Å². The maximum Gasteiger partial charge on any atom is 0.154 e. The average Bonchev–Trinajstić information content (AvgIpc) is 2.51. The van der Waals surface area contributed by atoms with Gasteiger partial charge in [0.2, 0.25) is 0 Å². The summed E-state index contributed by atoms with van der Waals surface area (Å²) in [5.41, 5.74) is -0.0791. The molecule has 0 aromatic rings. The monoisotopic (exact) mass is 210 g/mol. The molecule has 2 aliphatic rings. The summed E-state index contributed by atoms with van der Waals surface area (Å²) in [6.45, 7) is 6.58. The highest BCUT2D eigenvalue weighted by Crippen LogP contribution is 2.34. The van der Waals surface area contributed by atoms with Crippen molar-refractivity contribution in [2.45, 2.75) is 38.1 Å². The van der Waals surface area contributed by atoms with Crippen LogP contribution in [-0.2, 0) is 4.79 Å². The van der Waals surface area contributed by atoms with Gasteiger partial charge in [0.15, 0.2) is 5.78 Å². The van der Waals surface area contributed by atoms with Crippen LogP contribution >= 0.6 is 0 Å². The van der Waals surface area contributed by atoms with Gasteiger partial charge in [0.25, 0.3) is 0 Å². The summed E-state index contributed by atoms with van der Waals surface area (Å²) in [7, 11) is 2.11. The molecule has 15 heavy (non-hydrogen) atoms. The Morgan fingerprint density at radius 3 is 2.40 bits per heavy atom. The molecule has 2 heterocycles. The summed E-state index contributed by atoms with van der Waals surface area (Å²) < 4.78 is 0. The molecule has 0 N–H and O–H groups in total. The van der Waals surface area contributed by atoms with Gasteiger partial charge in [-0.3, -0.25) is 9.69 Å². The molecule has 0 amide bonds. The molecule has 0 aromatic carbocycles. The molecular weight excluding hydrogens is 188 g/mol. The van der Waals surface area contributed by atoms with E-state index in [0.29, 0.717) is 5.78 Å². The first-order valence-electron chi connectivity index (χ1n) is 6.16. The molecule has 1 spiro atoms. The molecule has 2 fully saturated rings. The molecule has 2 rings (SSSR count). The summed E-state index contributed by atoms with van der Waals surface area (Å²) in [6, 6.07) is 0. The van der Waals surface area contributed by atoms with Crippen LogP contribution in [0.25, 0.3) is 0 Å². The van der Waals surface area contributed by atoms with E-state index in [-0.39, 0.29) is 5.54 Å². The van der Waals surface area contributed by atoms with Gasteiger partial charge in [-0.1, -0.05) is 6.92 Å². The lowest BCUT2D eigenvalue weighted by molar-refractivity contribution is -0.127. The predicted octanol–water partition coefficient (Wildman–Crippen LogP) is 1.14. The Hall–Kier alpha value is -0.410. The van der Waals surface area contributed by atoms with E-state index >= 15 is 0 Å². The van der Waals surface area contributed by atoms with E-state index in [1.807, 2.05) is 0 Å². The zero-order chi connectivity index (χ0) is 10.9. The van der Waals surface area contributed by atoms with Crippen LogP contribution in [0.15, 0.2) is 0 Å². The molecule has 0 atom stereocenters. The van der Waals surface area contributed by atoms with Crippen molar-refractivity contribution in [3.05, 3.63) is 0 Å². The number of ketones is 1. The van der Waals surface area contributed by atoms with Crippen LogP contribution in [0.4, 0.5) is 0 Å². The minimum atomic E-state index is -0.0791. The molecule has 0 aliphatic carbocycles. The fourth-order valence-electron chi connectivity index (χ4n) is 3.05. The number of hydrogen-bond donors (Lipinski definition) is 0. The highest BCUT2D eigenvalue weighted by atomic mass is 16.1. The third kappa shape index (κ3) is 1.83. The third-order valence-electron chi connectivity index (χ3n) is 4.15. The van der Waals surface area contributed by atoms with Gasteiger partial charge in [-0.2, -0.15) is 0 Å². The molecule has 3 nitrogen and oxygen atoms in total. The average molecular weight is 210 g/mol. The van der Waals surface area contributed by atoms with Gasteiger partial charge in [0.1, 0.15) is 0 Å². The number of likely N-dealkylation sites (N-methyl/N-ethyl adjacent to an activating group) is 1. The maximum absolute atomic E-state index is 12.0. The molecule has 2 saturated heterocycles. The van der Waals surface area contributed by atoms with Gasteiger partial charge in [-0.05, 0) is 32.9 Å². The minimum Gasteiger partial charge on any atom is -0.303 e. The minimum absolute atomic E-state index is 0.0791. The van der Waals surface area contributed by atoms with Gasteiger partial charge >= 0.3 is 0 Å². The standard InChI is InChI=1S/C12H22N2O/c1-3-7-14-9-5-12(6-10-14)11(15)4-8-13(12)2/h3-10H2,1-2H3. The molecule has 0 aromatic heterocycles. The van der Waals surface area contributed by atoms with Crippen LogP contribution in [0.1, 0.15) is 32.6 Å². The zero-order valence-corrected chi connectivity index (χ0v) is 9.96. The van der Waals surface area contributed by atoms with Gasteiger partial charge in [-0.15, -0.1) is 0 Å². The van der Waals surface area contributed by atoms with E-state index in [9.17, 15) is 4.79 Å². The Labute approximate surface area is 92.4 Å². The van der Waals surface area contributed by atoms with Crippen LogP contribution in [0.3, 0.4) is 0 Å². The number of rotatable bonds is 2. The Morgan fingerprint density at radius 2 is 1.93 bits per heavy atom. The van der Waals surface area contributed by atoms with Gasteiger partial charge in [-0.25, -0.2) is 0 Å². The Kier molecular flexibility index (Phi) is 3.12. The van der Waals surface area contributed by atoms with Crippen molar-refractivity contribution < 1.29 is 4.79 Å². The smallest absolute Gasteiger partial charge is 0.154 e. The van der Waals surface area contributed by atoms with Crippen LogP contribution in [0.5, 0.6) is 0 Å². The summed E-state index contributed by atoms with van der Waals surface area (Å²) in [4.78, 5) is 16.7. The molecule has 86 valence electrons. The van der Waals surface area contributed by atoms with Gasteiger partial charge < -0.3 is 4.90 Å².